The van der Waals surface area contributed by atoms with E-state index >= 15 is 0 Å². The SMILES string of the molecule is CCOCc1c(S(=O)(=O)Cl)cnn1CC(F)F. The van der Waals surface area contributed by atoms with Crippen LogP contribution >= 0.6 is 10.7 Å². The van der Waals surface area contributed by atoms with Gasteiger partial charge >= 0.3 is 0 Å². The summed E-state index contributed by atoms with van der Waals surface area (Å²) in [5.74, 6) is 0. The molecule has 0 aliphatic carbocycles. The summed E-state index contributed by atoms with van der Waals surface area (Å²) in [5, 5.41) is 3.57. The molecule has 0 saturated carbocycles. The van der Waals surface area contributed by atoms with Crippen molar-refractivity contribution in [3.8, 4) is 0 Å². The molecule has 0 aromatic carbocycles. The van der Waals surface area contributed by atoms with Gasteiger partial charge in [0.15, 0.2) is 0 Å². The maximum Gasteiger partial charge on any atom is 0.264 e. The quantitative estimate of drug-likeness (QED) is 0.746. The molecule has 0 fully saturated rings. The maximum absolute atomic E-state index is 12.2. The summed E-state index contributed by atoms with van der Waals surface area (Å²) in [7, 11) is 1.15. The Morgan fingerprint density at radius 1 is 1.59 bits per heavy atom. The van der Waals surface area contributed by atoms with Crippen LogP contribution in [0.15, 0.2) is 11.1 Å². The Morgan fingerprint density at radius 2 is 2.24 bits per heavy atom. The third-order valence-corrected chi connectivity index (χ3v) is 3.29. The van der Waals surface area contributed by atoms with E-state index in [0.717, 1.165) is 10.9 Å². The number of halogens is 3. The Kier molecular flexibility index (Phi) is 4.84. The van der Waals surface area contributed by atoms with Crippen molar-refractivity contribution in [1.29, 1.82) is 0 Å². The second kappa shape index (κ2) is 5.74. The van der Waals surface area contributed by atoms with Crippen LogP contribution in [0.25, 0.3) is 0 Å². The van der Waals surface area contributed by atoms with Gasteiger partial charge in [0.25, 0.3) is 15.5 Å². The van der Waals surface area contributed by atoms with E-state index in [2.05, 4.69) is 5.10 Å². The Labute approximate surface area is 102 Å². The van der Waals surface area contributed by atoms with Crippen molar-refractivity contribution in [2.75, 3.05) is 6.61 Å². The van der Waals surface area contributed by atoms with Crippen LogP contribution in [0.1, 0.15) is 12.6 Å². The standard InChI is InChI=1S/C8H11ClF2N2O3S/c1-2-16-5-6-7(17(9,14)15)3-12-13(6)4-8(10)11/h3,8H,2,4-5H2,1H3. The van der Waals surface area contributed by atoms with Gasteiger partial charge in [-0.3, -0.25) is 4.68 Å². The van der Waals surface area contributed by atoms with Crippen LogP contribution < -0.4 is 0 Å². The van der Waals surface area contributed by atoms with Crippen molar-refractivity contribution in [2.24, 2.45) is 0 Å². The smallest absolute Gasteiger partial charge is 0.264 e. The highest BCUT2D eigenvalue weighted by Gasteiger charge is 2.22. The van der Waals surface area contributed by atoms with Crippen molar-refractivity contribution in [2.45, 2.75) is 31.4 Å². The summed E-state index contributed by atoms with van der Waals surface area (Å²) in [5.41, 5.74) is 0.0298. The van der Waals surface area contributed by atoms with Gasteiger partial charge in [-0.1, -0.05) is 0 Å². The predicted molar refractivity (Wildman–Crippen MR) is 56.6 cm³/mol. The van der Waals surface area contributed by atoms with Crippen LogP contribution in [0, 0.1) is 0 Å². The van der Waals surface area contributed by atoms with Gasteiger partial charge in [-0.2, -0.15) is 5.10 Å². The van der Waals surface area contributed by atoms with Gasteiger partial charge in [0, 0.05) is 17.3 Å². The summed E-state index contributed by atoms with van der Waals surface area (Å²) < 4.78 is 52.8. The average Bonchev–Trinajstić information content (AvgIpc) is 2.56. The van der Waals surface area contributed by atoms with E-state index in [-0.39, 0.29) is 17.2 Å². The lowest BCUT2D eigenvalue weighted by molar-refractivity contribution is 0.104. The van der Waals surface area contributed by atoms with Gasteiger partial charge in [-0.25, -0.2) is 17.2 Å². The van der Waals surface area contributed by atoms with E-state index < -0.39 is 22.0 Å². The highest BCUT2D eigenvalue weighted by Crippen LogP contribution is 2.21. The lowest BCUT2D eigenvalue weighted by Gasteiger charge is -2.08. The molecule has 5 nitrogen and oxygen atoms in total. The van der Waals surface area contributed by atoms with E-state index in [9.17, 15) is 17.2 Å². The molecule has 1 aromatic heterocycles. The van der Waals surface area contributed by atoms with Crippen molar-refractivity contribution < 1.29 is 21.9 Å². The Bertz CT molecular complexity index is 475. The molecule has 98 valence electrons. The molecule has 0 N–H and O–H groups in total. The van der Waals surface area contributed by atoms with Crippen LogP contribution in [-0.4, -0.2) is 31.2 Å². The normalized spacial score (nSPS) is 12.3. The second-order valence-corrected chi connectivity index (χ2v) is 5.64. The first kappa shape index (κ1) is 14.3. The monoisotopic (exact) mass is 288 g/mol. The van der Waals surface area contributed by atoms with Crippen LogP contribution in [0.4, 0.5) is 8.78 Å². The molecule has 1 aromatic rings. The number of alkyl halides is 2. The third-order valence-electron chi connectivity index (χ3n) is 1.93. The third kappa shape index (κ3) is 3.90. The largest absolute Gasteiger partial charge is 0.375 e. The molecule has 0 spiro atoms. The summed E-state index contributed by atoms with van der Waals surface area (Å²) in [6.45, 7) is 1.18. The van der Waals surface area contributed by atoms with E-state index in [0.29, 0.717) is 6.61 Å². The molecule has 0 bridgehead atoms. The van der Waals surface area contributed by atoms with Crippen molar-refractivity contribution in [1.82, 2.24) is 9.78 Å². The molecular formula is C8H11ClF2N2O3S. The van der Waals surface area contributed by atoms with Crippen molar-refractivity contribution in [3.63, 3.8) is 0 Å². The van der Waals surface area contributed by atoms with E-state index in [1.54, 1.807) is 6.92 Å². The number of ether oxygens (including phenoxy) is 1. The Morgan fingerprint density at radius 3 is 2.71 bits per heavy atom. The fourth-order valence-electron chi connectivity index (χ4n) is 1.23. The molecule has 0 unspecified atom stereocenters. The minimum absolute atomic E-state index is 0.0298. The molecule has 1 heterocycles. The van der Waals surface area contributed by atoms with Gasteiger partial charge in [-0.05, 0) is 6.92 Å². The van der Waals surface area contributed by atoms with Crippen LogP contribution in [0.3, 0.4) is 0 Å². The van der Waals surface area contributed by atoms with Gasteiger partial charge in [-0.15, -0.1) is 0 Å². The summed E-state index contributed by atoms with van der Waals surface area (Å²) >= 11 is 0. The van der Waals surface area contributed by atoms with Crippen molar-refractivity contribution in [3.05, 3.63) is 11.9 Å². The summed E-state index contributed by atoms with van der Waals surface area (Å²) in [6.07, 6.45) is -1.69. The molecule has 0 amide bonds. The number of rotatable bonds is 6. The maximum atomic E-state index is 12.2. The lowest BCUT2D eigenvalue weighted by Crippen LogP contribution is -2.13. The molecule has 9 heteroatoms. The van der Waals surface area contributed by atoms with Crippen LogP contribution in [-0.2, 0) is 26.9 Å². The summed E-state index contributed by atoms with van der Waals surface area (Å²) in [6, 6.07) is 0. The molecular weight excluding hydrogens is 278 g/mol. The first-order valence-corrected chi connectivity index (χ1v) is 7.02. The van der Waals surface area contributed by atoms with Gasteiger partial charge in [0.05, 0.1) is 18.5 Å². The number of hydrogen-bond acceptors (Lipinski definition) is 4. The highest BCUT2D eigenvalue weighted by atomic mass is 35.7. The van der Waals surface area contributed by atoms with E-state index in [1.165, 1.54) is 0 Å². The molecule has 0 aliphatic heterocycles. The predicted octanol–water partition coefficient (Wildman–Crippen LogP) is 1.61. The fourth-order valence-corrected chi connectivity index (χ4v) is 2.24. The molecule has 0 atom stereocenters. The fraction of sp³-hybridized carbons (Fsp3) is 0.625. The zero-order valence-electron chi connectivity index (χ0n) is 8.94. The molecule has 1 rings (SSSR count). The van der Waals surface area contributed by atoms with Gasteiger partial charge in [0.1, 0.15) is 11.4 Å². The van der Waals surface area contributed by atoms with E-state index in [1.807, 2.05) is 0 Å². The minimum Gasteiger partial charge on any atom is -0.375 e. The molecule has 17 heavy (non-hydrogen) atoms. The molecule has 0 saturated heterocycles. The molecule has 0 aliphatic rings. The molecule has 0 radical (unpaired) electrons. The number of nitrogens with zero attached hydrogens (tertiary/aromatic N) is 2. The van der Waals surface area contributed by atoms with Crippen LogP contribution in [0.2, 0.25) is 0 Å². The lowest BCUT2D eigenvalue weighted by atomic mass is 10.4. The minimum atomic E-state index is -4.01. The number of aromatic nitrogens is 2. The first-order chi connectivity index (χ1) is 7.86. The number of hydrogen-bond donors (Lipinski definition) is 0. The average molecular weight is 289 g/mol. The van der Waals surface area contributed by atoms with Gasteiger partial charge < -0.3 is 4.74 Å². The van der Waals surface area contributed by atoms with Crippen molar-refractivity contribution >= 4 is 19.7 Å². The van der Waals surface area contributed by atoms with E-state index in [4.69, 9.17) is 15.4 Å². The van der Waals surface area contributed by atoms with Gasteiger partial charge in [0.2, 0.25) is 0 Å². The topological polar surface area (TPSA) is 61.2 Å². The van der Waals surface area contributed by atoms with Crippen LogP contribution in [0.5, 0.6) is 0 Å². The Hall–Kier alpha value is -0.730. The highest BCUT2D eigenvalue weighted by molar-refractivity contribution is 8.13. The second-order valence-electron chi connectivity index (χ2n) is 3.10. The Balaban J connectivity index is 3.10. The first-order valence-electron chi connectivity index (χ1n) is 4.71. The summed E-state index contributed by atoms with van der Waals surface area (Å²) in [4.78, 5) is -0.298. The zero-order valence-corrected chi connectivity index (χ0v) is 10.5. The zero-order chi connectivity index (χ0) is 13.1.